The molecule has 1 atom stereocenters. The van der Waals surface area contributed by atoms with Gasteiger partial charge in [-0.2, -0.15) is 5.10 Å². The quantitative estimate of drug-likeness (QED) is 0.919. The molecule has 1 saturated carbocycles. The van der Waals surface area contributed by atoms with Gasteiger partial charge in [0.15, 0.2) is 0 Å². The number of pyridine rings is 1. The van der Waals surface area contributed by atoms with Crippen molar-refractivity contribution < 1.29 is 4.79 Å². The Morgan fingerprint density at radius 2 is 2.38 bits per heavy atom. The summed E-state index contributed by atoms with van der Waals surface area (Å²) in [7, 11) is 0. The van der Waals surface area contributed by atoms with E-state index in [9.17, 15) is 4.79 Å². The van der Waals surface area contributed by atoms with Gasteiger partial charge in [-0.1, -0.05) is 11.6 Å². The lowest BCUT2D eigenvalue weighted by Gasteiger charge is -2.18. The van der Waals surface area contributed by atoms with Gasteiger partial charge in [-0.15, -0.1) is 0 Å². The number of nitrogens with zero attached hydrogens (tertiary/aromatic N) is 4. The molecule has 0 unspecified atom stereocenters. The zero-order valence-corrected chi connectivity index (χ0v) is 12.4. The molecule has 0 saturated heterocycles. The van der Waals surface area contributed by atoms with Crippen LogP contribution in [-0.4, -0.2) is 25.7 Å². The van der Waals surface area contributed by atoms with E-state index in [0.717, 1.165) is 25.2 Å². The summed E-state index contributed by atoms with van der Waals surface area (Å²) >= 11 is 6.02. The van der Waals surface area contributed by atoms with Crippen molar-refractivity contribution in [1.29, 1.82) is 0 Å². The Morgan fingerprint density at radius 1 is 1.57 bits per heavy atom. The Hall–Kier alpha value is -1.95. The standard InChI is InChI=1S/C14H16ClN5O/c1-2-20-13(17-8-18-20)12(9-3-4-9)19-14(21)10-5-6-16-7-11(10)15/h5-9,12H,2-4H2,1H3,(H,19,21)/t12-/m0/s1. The highest BCUT2D eigenvalue weighted by atomic mass is 35.5. The third kappa shape index (κ3) is 2.90. The first-order valence-electron chi connectivity index (χ1n) is 6.98. The zero-order valence-electron chi connectivity index (χ0n) is 11.7. The van der Waals surface area contributed by atoms with Gasteiger partial charge in [0.05, 0.1) is 16.6 Å². The molecule has 21 heavy (non-hydrogen) atoms. The maximum Gasteiger partial charge on any atom is 0.253 e. The van der Waals surface area contributed by atoms with Crippen LogP contribution in [-0.2, 0) is 6.54 Å². The van der Waals surface area contributed by atoms with Crippen LogP contribution < -0.4 is 5.32 Å². The Bertz CT molecular complexity index is 652. The molecule has 0 aromatic carbocycles. The minimum atomic E-state index is -0.204. The summed E-state index contributed by atoms with van der Waals surface area (Å²) in [6.45, 7) is 2.73. The van der Waals surface area contributed by atoms with Crippen molar-refractivity contribution in [3.8, 4) is 0 Å². The lowest BCUT2D eigenvalue weighted by Crippen LogP contribution is -2.32. The van der Waals surface area contributed by atoms with Crippen molar-refractivity contribution in [2.45, 2.75) is 32.4 Å². The summed E-state index contributed by atoms with van der Waals surface area (Å²) in [5, 5.41) is 7.57. The number of halogens is 1. The van der Waals surface area contributed by atoms with Gasteiger partial charge in [-0.05, 0) is 31.7 Å². The molecule has 0 aliphatic heterocycles. The smallest absolute Gasteiger partial charge is 0.253 e. The summed E-state index contributed by atoms with van der Waals surface area (Å²) in [6.07, 6.45) is 6.73. The van der Waals surface area contributed by atoms with Crippen molar-refractivity contribution in [2.75, 3.05) is 0 Å². The van der Waals surface area contributed by atoms with Crippen molar-refractivity contribution in [1.82, 2.24) is 25.1 Å². The minimum Gasteiger partial charge on any atom is -0.342 e. The second-order valence-electron chi connectivity index (χ2n) is 5.08. The molecule has 3 rings (SSSR count). The highest BCUT2D eigenvalue weighted by Gasteiger charge is 2.36. The molecule has 1 aliphatic carbocycles. The zero-order chi connectivity index (χ0) is 14.8. The second-order valence-corrected chi connectivity index (χ2v) is 5.49. The summed E-state index contributed by atoms with van der Waals surface area (Å²) < 4.78 is 1.82. The number of carbonyl (C=O) groups is 1. The van der Waals surface area contributed by atoms with Gasteiger partial charge in [0.2, 0.25) is 0 Å². The number of carbonyl (C=O) groups excluding carboxylic acids is 1. The summed E-state index contributed by atoms with van der Waals surface area (Å²) in [5.74, 6) is 1.02. The van der Waals surface area contributed by atoms with Crippen LogP contribution in [0.5, 0.6) is 0 Å². The van der Waals surface area contributed by atoms with Crippen LogP contribution in [0.15, 0.2) is 24.8 Å². The van der Waals surface area contributed by atoms with Crippen LogP contribution in [0.3, 0.4) is 0 Å². The van der Waals surface area contributed by atoms with Crippen LogP contribution in [0.4, 0.5) is 0 Å². The van der Waals surface area contributed by atoms with Crippen LogP contribution in [0.25, 0.3) is 0 Å². The Balaban J connectivity index is 1.83. The largest absolute Gasteiger partial charge is 0.342 e. The van der Waals surface area contributed by atoms with E-state index in [4.69, 9.17) is 11.6 Å². The third-order valence-electron chi connectivity index (χ3n) is 3.62. The molecule has 2 heterocycles. The number of hydrogen-bond donors (Lipinski definition) is 1. The molecule has 2 aromatic heterocycles. The van der Waals surface area contributed by atoms with E-state index in [1.54, 1.807) is 12.3 Å². The Kier molecular flexibility index (Phi) is 3.88. The van der Waals surface area contributed by atoms with Gasteiger partial charge in [-0.25, -0.2) is 9.67 Å². The fourth-order valence-corrected chi connectivity index (χ4v) is 2.56. The van der Waals surface area contributed by atoms with Gasteiger partial charge in [0, 0.05) is 18.9 Å². The molecule has 7 heteroatoms. The predicted octanol–water partition coefficient (Wildman–Crippen LogP) is 2.23. The lowest BCUT2D eigenvalue weighted by molar-refractivity contribution is 0.0928. The molecule has 2 aromatic rings. The summed E-state index contributed by atoms with van der Waals surface area (Å²) in [5.41, 5.74) is 0.430. The molecule has 0 radical (unpaired) electrons. The van der Waals surface area contributed by atoms with Crippen molar-refractivity contribution in [2.24, 2.45) is 5.92 Å². The number of hydrogen-bond acceptors (Lipinski definition) is 4. The van der Waals surface area contributed by atoms with E-state index in [0.29, 0.717) is 16.5 Å². The third-order valence-corrected chi connectivity index (χ3v) is 3.92. The number of rotatable bonds is 5. The van der Waals surface area contributed by atoms with Gasteiger partial charge < -0.3 is 5.32 Å². The average Bonchev–Trinajstić information content (AvgIpc) is 3.22. The van der Waals surface area contributed by atoms with Crippen molar-refractivity contribution in [3.05, 3.63) is 41.2 Å². The first-order chi connectivity index (χ1) is 10.2. The lowest BCUT2D eigenvalue weighted by atomic mass is 10.1. The summed E-state index contributed by atoms with van der Waals surface area (Å²) in [6, 6.07) is 1.50. The fourth-order valence-electron chi connectivity index (χ4n) is 2.36. The molecular formula is C14H16ClN5O. The van der Waals surface area contributed by atoms with E-state index in [1.807, 2.05) is 11.6 Å². The molecule has 0 spiro atoms. The normalized spacial score (nSPS) is 15.7. The molecule has 1 amide bonds. The molecule has 0 bridgehead atoms. The minimum absolute atomic E-state index is 0.121. The van der Waals surface area contributed by atoms with E-state index in [1.165, 1.54) is 12.5 Å². The number of nitrogens with one attached hydrogen (secondary N) is 1. The van der Waals surface area contributed by atoms with Crippen LogP contribution in [0, 0.1) is 5.92 Å². The van der Waals surface area contributed by atoms with Gasteiger partial charge in [-0.3, -0.25) is 9.78 Å². The first-order valence-corrected chi connectivity index (χ1v) is 7.36. The fraction of sp³-hybridized carbons (Fsp3) is 0.429. The van der Waals surface area contributed by atoms with E-state index < -0.39 is 0 Å². The number of aromatic nitrogens is 4. The molecular weight excluding hydrogens is 290 g/mol. The highest BCUT2D eigenvalue weighted by molar-refractivity contribution is 6.33. The molecule has 1 aliphatic rings. The SMILES string of the molecule is CCn1ncnc1[C@@H](NC(=O)c1ccncc1Cl)C1CC1. The maximum absolute atomic E-state index is 12.4. The van der Waals surface area contributed by atoms with Crippen molar-refractivity contribution in [3.63, 3.8) is 0 Å². The first kappa shape index (κ1) is 14.0. The van der Waals surface area contributed by atoms with E-state index >= 15 is 0 Å². The van der Waals surface area contributed by atoms with Gasteiger partial charge in [0.25, 0.3) is 5.91 Å². The molecule has 6 nitrogen and oxygen atoms in total. The second kappa shape index (κ2) is 5.81. The van der Waals surface area contributed by atoms with E-state index in [2.05, 4.69) is 20.4 Å². The highest BCUT2D eigenvalue weighted by Crippen LogP contribution is 2.40. The number of aryl methyl sites for hydroxylation is 1. The molecule has 1 fully saturated rings. The molecule has 1 N–H and O–H groups in total. The van der Waals surface area contributed by atoms with Gasteiger partial charge in [0.1, 0.15) is 12.2 Å². The van der Waals surface area contributed by atoms with Crippen molar-refractivity contribution >= 4 is 17.5 Å². The van der Waals surface area contributed by atoms with Gasteiger partial charge >= 0.3 is 0 Å². The molecule has 110 valence electrons. The maximum atomic E-state index is 12.4. The summed E-state index contributed by atoms with van der Waals surface area (Å²) in [4.78, 5) is 20.6. The Labute approximate surface area is 127 Å². The van der Waals surface area contributed by atoms with E-state index in [-0.39, 0.29) is 11.9 Å². The monoisotopic (exact) mass is 305 g/mol. The van der Waals surface area contributed by atoms with Crippen LogP contribution in [0.2, 0.25) is 5.02 Å². The number of amides is 1. The average molecular weight is 306 g/mol. The van der Waals surface area contributed by atoms with Crippen LogP contribution in [0.1, 0.15) is 42.0 Å². The Morgan fingerprint density at radius 3 is 3.05 bits per heavy atom. The topological polar surface area (TPSA) is 72.7 Å². The predicted molar refractivity (Wildman–Crippen MR) is 77.9 cm³/mol. The van der Waals surface area contributed by atoms with Crippen LogP contribution >= 0.6 is 11.6 Å².